The first-order chi connectivity index (χ1) is 5.12. The SMILES string of the molecule is CC1CC2CCC1(C)OC2=O. The summed E-state index contributed by atoms with van der Waals surface area (Å²) in [6.45, 7) is 4.24. The Morgan fingerprint density at radius 1 is 1.64 bits per heavy atom. The topological polar surface area (TPSA) is 26.3 Å². The van der Waals surface area contributed by atoms with Crippen LogP contribution in [0, 0.1) is 11.8 Å². The second-order valence-corrected chi connectivity index (χ2v) is 4.11. The van der Waals surface area contributed by atoms with Gasteiger partial charge >= 0.3 is 5.97 Å². The molecule has 3 unspecified atom stereocenters. The van der Waals surface area contributed by atoms with Crippen molar-refractivity contribution in [1.29, 1.82) is 0 Å². The highest BCUT2D eigenvalue weighted by Crippen LogP contribution is 2.45. The van der Waals surface area contributed by atoms with Crippen LogP contribution in [-0.2, 0) is 9.53 Å². The minimum Gasteiger partial charge on any atom is -0.459 e. The van der Waals surface area contributed by atoms with E-state index in [1.807, 2.05) is 0 Å². The van der Waals surface area contributed by atoms with Gasteiger partial charge in [0.1, 0.15) is 5.60 Å². The van der Waals surface area contributed by atoms with E-state index in [2.05, 4.69) is 13.8 Å². The van der Waals surface area contributed by atoms with Crippen LogP contribution in [0.2, 0.25) is 0 Å². The van der Waals surface area contributed by atoms with Crippen LogP contribution in [0.4, 0.5) is 0 Å². The molecule has 11 heavy (non-hydrogen) atoms. The zero-order chi connectivity index (χ0) is 8.06. The van der Waals surface area contributed by atoms with Gasteiger partial charge < -0.3 is 4.74 Å². The molecule has 2 bridgehead atoms. The largest absolute Gasteiger partial charge is 0.459 e. The summed E-state index contributed by atoms with van der Waals surface area (Å²) in [5.74, 6) is 0.808. The molecule has 0 spiro atoms. The van der Waals surface area contributed by atoms with Crippen molar-refractivity contribution in [3.63, 3.8) is 0 Å². The average Bonchev–Trinajstić information content (AvgIpc) is 1.92. The Bertz CT molecular complexity index is 200. The van der Waals surface area contributed by atoms with E-state index in [9.17, 15) is 4.79 Å². The van der Waals surface area contributed by atoms with Crippen molar-refractivity contribution in [2.45, 2.75) is 38.7 Å². The van der Waals surface area contributed by atoms with Crippen molar-refractivity contribution in [1.82, 2.24) is 0 Å². The molecule has 3 atom stereocenters. The highest BCUT2D eigenvalue weighted by Gasteiger charge is 2.48. The highest BCUT2D eigenvalue weighted by molar-refractivity contribution is 5.74. The van der Waals surface area contributed by atoms with Crippen LogP contribution >= 0.6 is 0 Å². The molecule has 0 N–H and O–H groups in total. The molecule has 1 aliphatic carbocycles. The summed E-state index contributed by atoms with van der Waals surface area (Å²) in [7, 11) is 0. The summed E-state index contributed by atoms with van der Waals surface area (Å²) < 4.78 is 5.35. The third-order valence-corrected chi connectivity index (χ3v) is 3.34. The fourth-order valence-corrected chi connectivity index (χ4v) is 2.18. The van der Waals surface area contributed by atoms with Gasteiger partial charge in [0.15, 0.2) is 0 Å². The molecule has 2 nitrogen and oxygen atoms in total. The van der Waals surface area contributed by atoms with Gasteiger partial charge in [0.25, 0.3) is 0 Å². The molecule has 62 valence electrons. The average molecular weight is 154 g/mol. The Morgan fingerprint density at radius 3 is 2.73 bits per heavy atom. The number of esters is 1. The Balaban J connectivity index is 2.26. The molecule has 1 saturated carbocycles. The second-order valence-electron chi connectivity index (χ2n) is 4.11. The molecule has 0 aromatic rings. The maximum absolute atomic E-state index is 11.2. The lowest BCUT2D eigenvalue weighted by atomic mass is 9.70. The van der Waals surface area contributed by atoms with E-state index in [1.54, 1.807) is 0 Å². The molecular formula is C9H14O2. The molecule has 0 aromatic carbocycles. The van der Waals surface area contributed by atoms with Crippen molar-refractivity contribution < 1.29 is 9.53 Å². The first-order valence-electron chi connectivity index (χ1n) is 4.35. The standard InChI is InChI=1S/C9H14O2/c1-6-5-7-3-4-9(6,2)11-8(7)10/h6-7H,3-5H2,1-2H3. The fraction of sp³-hybridized carbons (Fsp3) is 0.889. The summed E-state index contributed by atoms with van der Waals surface area (Å²) in [5, 5.41) is 0. The summed E-state index contributed by atoms with van der Waals surface area (Å²) in [6.07, 6.45) is 3.14. The third-order valence-electron chi connectivity index (χ3n) is 3.34. The zero-order valence-electron chi connectivity index (χ0n) is 7.09. The van der Waals surface area contributed by atoms with Crippen LogP contribution in [0.25, 0.3) is 0 Å². The Hall–Kier alpha value is -0.530. The lowest BCUT2D eigenvalue weighted by molar-refractivity contribution is -0.195. The van der Waals surface area contributed by atoms with Crippen molar-refractivity contribution in [3.05, 3.63) is 0 Å². The molecule has 0 radical (unpaired) electrons. The molecule has 3 fully saturated rings. The lowest BCUT2D eigenvalue weighted by Crippen LogP contribution is -2.51. The minimum absolute atomic E-state index is 0.0388. The molecule has 3 aliphatic rings. The number of rotatable bonds is 0. The summed E-state index contributed by atoms with van der Waals surface area (Å²) in [6, 6.07) is 0. The van der Waals surface area contributed by atoms with Gasteiger partial charge in [-0.2, -0.15) is 0 Å². The normalized spacial score (nSPS) is 49.1. The molecule has 0 aromatic heterocycles. The summed E-state index contributed by atoms with van der Waals surface area (Å²) in [4.78, 5) is 11.2. The van der Waals surface area contributed by atoms with E-state index in [1.165, 1.54) is 0 Å². The second kappa shape index (κ2) is 1.99. The lowest BCUT2D eigenvalue weighted by Gasteiger charge is -2.47. The molecule has 2 aliphatic heterocycles. The number of hydrogen-bond donors (Lipinski definition) is 0. The van der Waals surface area contributed by atoms with Crippen LogP contribution < -0.4 is 0 Å². The Morgan fingerprint density at radius 2 is 2.36 bits per heavy atom. The summed E-state index contributed by atoms with van der Waals surface area (Å²) in [5.41, 5.74) is -0.133. The van der Waals surface area contributed by atoms with Crippen LogP contribution in [0.5, 0.6) is 0 Å². The fourth-order valence-electron chi connectivity index (χ4n) is 2.18. The molecule has 2 saturated heterocycles. The first kappa shape index (κ1) is 7.14. The smallest absolute Gasteiger partial charge is 0.309 e. The number of hydrogen-bond acceptors (Lipinski definition) is 2. The van der Waals surface area contributed by atoms with Gasteiger partial charge in [-0.25, -0.2) is 0 Å². The van der Waals surface area contributed by atoms with Gasteiger partial charge in [-0.15, -0.1) is 0 Å². The highest BCUT2D eigenvalue weighted by atomic mass is 16.6. The number of fused-ring (bicyclic) bond motifs is 3. The van der Waals surface area contributed by atoms with Crippen LogP contribution in [0.1, 0.15) is 33.1 Å². The number of carbonyl (C=O) groups is 1. The van der Waals surface area contributed by atoms with E-state index >= 15 is 0 Å². The van der Waals surface area contributed by atoms with Crippen molar-refractivity contribution in [2.75, 3.05) is 0 Å². The predicted molar refractivity (Wildman–Crippen MR) is 41.0 cm³/mol. The Labute approximate surface area is 66.9 Å². The van der Waals surface area contributed by atoms with Crippen molar-refractivity contribution in [3.8, 4) is 0 Å². The molecular weight excluding hydrogens is 140 g/mol. The Kier molecular flexibility index (Phi) is 1.29. The first-order valence-corrected chi connectivity index (χ1v) is 4.35. The quantitative estimate of drug-likeness (QED) is 0.497. The maximum Gasteiger partial charge on any atom is 0.309 e. The van der Waals surface area contributed by atoms with Crippen LogP contribution in [0.3, 0.4) is 0 Å². The summed E-state index contributed by atoms with van der Waals surface area (Å²) >= 11 is 0. The van der Waals surface area contributed by atoms with E-state index in [0.717, 1.165) is 19.3 Å². The van der Waals surface area contributed by atoms with Gasteiger partial charge in [0.05, 0.1) is 5.92 Å². The predicted octanol–water partition coefficient (Wildman–Crippen LogP) is 1.74. The minimum atomic E-state index is -0.133. The van der Waals surface area contributed by atoms with Gasteiger partial charge in [0, 0.05) is 0 Å². The van der Waals surface area contributed by atoms with Crippen molar-refractivity contribution >= 4 is 5.97 Å². The molecule has 2 heterocycles. The van der Waals surface area contributed by atoms with Gasteiger partial charge in [-0.1, -0.05) is 6.92 Å². The van der Waals surface area contributed by atoms with E-state index in [-0.39, 0.29) is 17.5 Å². The van der Waals surface area contributed by atoms with E-state index in [0.29, 0.717) is 5.92 Å². The van der Waals surface area contributed by atoms with Gasteiger partial charge in [-0.3, -0.25) is 4.79 Å². The maximum atomic E-state index is 11.2. The number of ether oxygens (including phenoxy) is 1. The van der Waals surface area contributed by atoms with E-state index in [4.69, 9.17) is 4.74 Å². The molecule has 2 heteroatoms. The monoisotopic (exact) mass is 154 g/mol. The zero-order valence-corrected chi connectivity index (χ0v) is 7.09. The van der Waals surface area contributed by atoms with Gasteiger partial charge in [-0.05, 0) is 32.1 Å². The van der Waals surface area contributed by atoms with Gasteiger partial charge in [0.2, 0.25) is 0 Å². The molecule has 0 amide bonds. The van der Waals surface area contributed by atoms with Crippen LogP contribution in [-0.4, -0.2) is 11.6 Å². The van der Waals surface area contributed by atoms with Crippen LogP contribution in [0.15, 0.2) is 0 Å². The molecule has 3 rings (SSSR count). The van der Waals surface area contributed by atoms with Crippen molar-refractivity contribution in [2.24, 2.45) is 11.8 Å². The third kappa shape index (κ3) is 0.883. The van der Waals surface area contributed by atoms with E-state index < -0.39 is 0 Å². The number of carbonyl (C=O) groups excluding carboxylic acids is 1.